The summed E-state index contributed by atoms with van der Waals surface area (Å²) in [7, 11) is 0. The molecule has 1 aromatic rings. The van der Waals surface area contributed by atoms with Gasteiger partial charge in [-0.05, 0) is 39.3 Å². The monoisotopic (exact) mass is 254 g/mol. The number of benzene rings is 1. The lowest BCUT2D eigenvalue weighted by atomic mass is 10.0. The van der Waals surface area contributed by atoms with Crippen LogP contribution in [0, 0.1) is 5.82 Å². The van der Waals surface area contributed by atoms with Crippen molar-refractivity contribution in [1.82, 2.24) is 0 Å². The molecule has 0 aliphatic carbocycles. The SMILES string of the molecule is CCN(CC(C)(C)O)c1c(F)cccc1[C@@H](C)N. The average Bonchev–Trinajstić information content (AvgIpc) is 2.24. The number of rotatable bonds is 5. The molecule has 0 saturated heterocycles. The maximum atomic E-state index is 14.0. The molecule has 4 heteroatoms. The van der Waals surface area contributed by atoms with Gasteiger partial charge in [0.1, 0.15) is 5.82 Å². The van der Waals surface area contributed by atoms with Crippen molar-refractivity contribution < 1.29 is 9.50 Å². The molecule has 3 nitrogen and oxygen atoms in total. The molecule has 0 unspecified atom stereocenters. The fourth-order valence-corrected chi connectivity index (χ4v) is 2.05. The van der Waals surface area contributed by atoms with Gasteiger partial charge in [-0.3, -0.25) is 0 Å². The van der Waals surface area contributed by atoms with E-state index >= 15 is 0 Å². The van der Waals surface area contributed by atoms with Crippen LogP contribution in [0.3, 0.4) is 0 Å². The molecule has 0 heterocycles. The van der Waals surface area contributed by atoms with Crippen molar-refractivity contribution in [3.05, 3.63) is 29.6 Å². The molecule has 0 bridgehead atoms. The summed E-state index contributed by atoms with van der Waals surface area (Å²) in [6, 6.07) is 4.67. The van der Waals surface area contributed by atoms with Crippen molar-refractivity contribution in [3.8, 4) is 0 Å². The van der Waals surface area contributed by atoms with Gasteiger partial charge < -0.3 is 15.7 Å². The zero-order valence-electron chi connectivity index (χ0n) is 11.6. The molecular formula is C14H23FN2O. The molecule has 1 aromatic carbocycles. The minimum atomic E-state index is -0.882. The van der Waals surface area contributed by atoms with Gasteiger partial charge in [0.25, 0.3) is 0 Å². The van der Waals surface area contributed by atoms with Crippen molar-refractivity contribution in [2.45, 2.75) is 39.3 Å². The predicted molar refractivity (Wildman–Crippen MR) is 73.2 cm³/mol. The van der Waals surface area contributed by atoms with E-state index in [1.807, 2.05) is 24.8 Å². The molecule has 0 aliphatic heterocycles. The van der Waals surface area contributed by atoms with Crippen LogP contribution in [0.5, 0.6) is 0 Å². The molecular weight excluding hydrogens is 231 g/mol. The largest absolute Gasteiger partial charge is 0.389 e. The normalized spacial score (nSPS) is 13.5. The second kappa shape index (κ2) is 5.67. The lowest BCUT2D eigenvalue weighted by Crippen LogP contribution is -2.39. The molecule has 0 aromatic heterocycles. The first-order chi connectivity index (χ1) is 8.26. The Kier molecular flexibility index (Phi) is 4.71. The van der Waals surface area contributed by atoms with E-state index in [9.17, 15) is 9.50 Å². The summed E-state index contributed by atoms with van der Waals surface area (Å²) in [6.45, 7) is 8.16. The van der Waals surface area contributed by atoms with Crippen LogP contribution in [-0.4, -0.2) is 23.8 Å². The highest BCUT2D eigenvalue weighted by molar-refractivity contribution is 5.56. The third kappa shape index (κ3) is 3.68. The topological polar surface area (TPSA) is 49.5 Å². The molecule has 0 radical (unpaired) electrons. The van der Waals surface area contributed by atoms with Crippen LogP contribution in [-0.2, 0) is 0 Å². The summed E-state index contributed by atoms with van der Waals surface area (Å²) < 4.78 is 14.0. The van der Waals surface area contributed by atoms with Crippen LogP contribution in [0.1, 0.15) is 39.3 Å². The van der Waals surface area contributed by atoms with Crippen molar-refractivity contribution in [2.75, 3.05) is 18.0 Å². The minimum Gasteiger partial charge on any atom is -0.389 e. The first-order valence-corrected chi connectivity index (χ1v) is 6.27. The number of hydrogen-bond donors (Lipinski definition) is 2. The number of nitrogens with two attached hydrogens (primary N) is 1. The van der Waals surface area contributed by atoms with E-state index in [0.29, 0.717) is 18.8 Å². The smallest absolute Gasteiger partial charge is 0.146 e. The number of anilines is 1. The number of hydrogen-bond acceptors (Lipinski definition) is 3. The molecule has 102 valence electrons. The highest BCUT2D eigenvalue weighted by atomic mass is 19.1. The number of halogens is 1. The number of nitrogens with zero attached hydrogens (tertiary/aromatic N) is 1. The van der Waals surface area contributed by atoms with Crippen molar-refractivity contribution in [3.63, 3.8) is 0 Å². The average molecular weight is 254 g/mol. The van der Waals surface area contributed by atoms with Crippen LogP contribution >= 0.6 is 0 Å². The fraction of sp³-hybridized carbons (Fsp3) is 0.571. The highest BCUT2D eigenvalue weighted by Gasteiger charge is 2.22. The van der Waals surface area contributed by atoms with Crippen molar-refractivity contribution in [2.24, 2.45) is 5.73 Å². The molecule has 0 fully saturated rings. The fourth-order valence-electron chi connectivity index (χ4n) is 2.05. The third-order valence-electron chi connectivity index (χ3n) is 2.78. The van der Waals surface area contributed by atoms with Crippen molar-refractivity contribution in [1.29, 1.82) is 0 Å². The summed E-state index contributed by atoms with van der Waals surface area (Å²) >= 11 is 0. The van der Waals surface area contributed by atoms with Crippen LogP contribution in [0.2, 0.25) is 0 Å². The molecule has 0 aliphatic rings. The van der Waals surface area contributed by atoms with E-state index < -0.39 is 5.60 Å². The molecule has 3 N–H and O–H groups in total. The molecule has 1 rings (SSSR count). The second-order valence-corrected chi connectivity index (χ2v) is 5.29. The summed E-state index contributed by atoms with van der Waals surface area (Å²) in [5, 5.41) is 9.91. The third-order valence-corrected chi connectivity index (χ3v) is 2.78. The van der Waals surface area contributed by atoms with Gasteiger partial charge in [0.05, 0.1) is 11.3 Å². The van der Waals surface area contributed by atoms with Gasteiger partial charge in [0.15, 0.2) is 0 Å². The van der Waals surface area contributed by atoms with Gasteiger partial charge in [-0.15, -0.1) is 0 Å². The van der Waals surface area contributed by atoms with E-state index in [2.05, 4.69) is 0 Å². The first-order valence-electron chi connectivity index (χ1n) is 6.27. The Balaban J connectivity index is 3.19. The van der Waals surface area contributed by atoms with Crippen molar-refractivity contribution >= 4 is 5.69 Å². The van der Waals surface area contributed by atoms with E-state index in [-0.39, 0.29) is 11.9 Å². The molecule has 1 atom stereocenters. The Bertz CT molecular complexity index is 399. The van der Waals surface area contributed by atoms with Gasteiger partial charge in [-0.1, -0.05) is 12.1 Å². The van der Waals surface area contributed by atoms with Crippen LogP contribution < -0.4 is 10.6 Å². The Morgan fingerprint density at radius 3 is 2.50 bits per heavy atom. The maximum absolute atomic E-state index is 14.0. The zero-order valence-corrected chi connectivity index (χ0v) is 11.6. The lowest BCUT2D eigenvalue weighted by Gasteiger charge is -2.32. The van der Waals surface area contributed by atoms with E-state index in [0.717, 1.165) is 5.56 Å². The Morgan fingerprint density at radius 1 is 1.44 bits per heavy atom. The first kappa shape index (κ1) is 14.9. The maximum Gasteiger partial charge on any atom is 0.146 e. The Morgan fingerprint density at radius 2 is 2.06 bits per heavy atom. The number of aliphatic hydroxyl groups is 1. The zero-order chi connectivity index (χ0) is 13.9. The summed E-state index contributed by atoms with van der Waals surface area (Å²) in [5.41, 5.74) is 6.26. The van der Waals surface area contributed by atoms with Gasteiger partial charge in [-0.25, -0.2) is 4.39 Å². The second-order valence-electron chi connectivity index (χ2n) is 5.29. The summed E-state index contributed by atoms with van der Waals surface area (Å²) in [6.07, 6.45) is 0. The van der Waals surface area contributed by atoms with Crippen LogP contribution in [0.25, 0.3) is 0 Å². The van der Waals surface area contributed by atoms with Gasteiger partial charge in [-0.2, -0.15) is 0 Å². The molecule has 0 amide bonds. The predicted octanol–water partition coefficient (Wildman–Crippen LogP) is 2.44. The standard InChI is InChI=1S/C14H23FN2O/c1-5-17(9-14(3,4)18)13-11(10(2)16)7-6-8-12(13)15/h6-8,10,18H,5,9,16H2,1-4H3/t10-/m1/s1. The van der Waals surface area contributed by atoms with E-state index in [4.69, 9.17) is 5.73 Å². The van der Waals surface area contributed by atoms with E-state index in [1.54, 1.807) is 19.9 Å². The molecule has 0 saturated carbocycles. The van der Waals surface area contributed by atoms with E-state index in [1.165, 1.54) is 6.07 Å². The van der Waals surface area contributed by atoms with Gasteiger partial charge in [0.2, 0.25) is 0 Å². The molecule has 0 spiro atoms. The Hall–Kier alpha value is -1.13. The van der Waals surface area contributed by atoms with Gasteiger partial charge >= 0.3 is 0 Å². The van der Waals surface area contributed by atoms with Crippen LogP contribution in [0.4, 0.5) is 10.1 Å². The lowest BCUT2D eigenvalue weighted by molar-refractivity contribution is 0.0874. The number of likely N-dealkylation sites (N-methyl/N-ethyl adjacent to an activating group) is 1. The summed E-state index contributed by atoms with van der Waals surface area (Å²) in [4.78, 5) is 1.83. The quantitative estimate of drug-likeness (QED) is 0.848. The highest BCUT2D eigenvalue weighted by Crippen LogP contribution is 2.29. The van der Waals surface area contributed by atoms with Gasteiger partial charge in [0, 0.05) is 19.1 Å². The minimum absolute atomic E-state index is 0.244. The molecule has 18 heavy (non-hydrogen) atoms. The Labute approximate surface area is 108 Å². The summed E-state index contributed by atoms with van der Waals surface area (Å²) in [5.74, 6) is -0.295. The number of para-hydroxylation sites is 1. The van der Waals surface area contributed by atoms with Crippen LogP contribution in [0.15, 0.2) is 18.2 Å².